The Morgan fingerprint density at radius 2 is 1.68 bits per heavy atom. The molecule has 0 aromatic heterocycles. The van der Waals surface area contributed by atoms with Crippen LogP contribution in [0.1, 0.15) is 70.3 Å². The molecular formula is C25H32N2O3S. The zero-order valence-electron chi connectivity index (χ0n) is 18.4. The molecule has 6 heteroatoms. The van der Waals surface area contributed by atoms with E-state index in [4.69, 9.17) is 0 Å². The minimum Gasteiger partial charge on any atom is -0.352 e. The van der Waals surface area contributed by atoms with Crippen molar-refractivity contribution in [2.45, 2.75) is 75.6 Å². The third-order valence-electron chi connectivity index (χ3n) is 6.46. The van der Waals surface area contributed by atoms with Crippen molar-refractivity contribution >= 4 is 21.6 Å². The second-order valence-corrected chi connectivity index (χ2v) is 10.9. The van der Waals surface area contributed by atoms with Crippen molar-refractivity contribution in [1.82, 2.24) is 5.32 Å². The highest BCUT2D eigenvalue weighted by Crippen LogP contribution is 2.43. The van der Waals surface area contributed by atoms with Gasteiger partial charge in [-0.2, -0.15) is 0 Å². The van der Waals surface area contributed by atoms with Gasteiger partial charge in [-0.25, -0.2) is 8.42 Å². The van der Waals surface area contributed by atoms with Gasteiger partial charge < -0.3 is 5.32 Å². The Hall–Kier alpha value is -2.34. The summed E-state index contributed by atoms with van der Waals surface area (Å²) in [5.41, 5.74) is 3.30. The number of carbonyl (C=O) groups is 1. The molecule has 0 radical (unpaired) electrons. The maximum Gasteiger partial charge on any atom is 0.265 e. The molecule has 1 N–H and O–H groups in total. The maximum atomic E-state index is 13.5. The highest BCUT2D eigenvalue weighted by Gasteiger charge is 2.36. The van der Waals surface area contributed by atoms with Gasteiger partial charge in [0.05, 0.1) is 10.6 Å². The van der Waals surface area contributed by atoms with Gasteiger partial charge in [0.1, 0.15) is 6.54 Å². The minimum atomic E-state index is -3.81. The fourth-order valence-electron chi connectivity index (χ4n) is 4.68. The summed E-state index contributed by atoms with van der Waals surface area (Å²) in [5, 5.41) is 3.11. The van der Waals surface area contributed by atoms with Gasteiger partial charge in [-0.15, -0.1) is 0 Å². The lowest BCUT2D eigenvalue weighted by Gasteiger charge is -2.32. The predicted molar refractivity (Wildman–Crippen MR) is 125 cm³/mol. The number of rotatable bonds is 4. The molecule has 166 valence electrons. The van der Waals surface area contributed by atoms with Crippen molar-refractivity contribution in [2.75, 3.05) is 10.8 Å². The van der Waals surface area contributed by atoms with Gasteiger partial charge in [0.25, 0.3) is 10.0 Å². The van der Waals surface area contributed by atoms with E-state index in [2.05, 4.69) is 25.2 Å². The van der Waals surface area contributed by atoms with Crippen molar-refractivity contribution in [3.63, 3.8) is 0 Å². The van der Waals surface area contributed by atoms with Crippen LogP contribution in [0.2, 0.25) is 0 Å². The number of amides is 1. The molecule has 5 nitrogen and oxygen atoms in total. The first-order valence-corrected chi connectivity index (χ1v) is 12.9. The van der Waals surface area contributed by atoms with Gasteiger partial charge in [0, 0.05) is 17.2 Å². The number of nitrogens with one attached hydrogen (secondary N) is 1. The topological polar surface area (TPSA) is 66.5 Å². The van der Waals surface area contributed by atoms with Crippen LogP contribution in [0.5, 0.6) is 0 Å². The number of hydrogen-bond donors (Lipinski definition) is 1. The summed E-state index contributed by atoms with van der Waals surface area (Å²) in [5.74, 6) is 0.0967. The zero-order chi connectivity index (χ0) is 22.0. The number of carbonyl (C=O) groups excluding carboxylic acids is 1. The summed E-state index contributed by atoms with van der Waals surface area (Å²) in [6.45, 7) is 4.04. The molecule has 2 aromatic carbocycles. The fraction of sp³-hybridized carbons (Fsp3) is 0.480. The van der Waals surface area contributed by atoms with Crippen LogP contribution in [-0.2, 0) is 14.8 Å². The number of anilines is 1. The lowest BCUT2D eigenvalue weighted by Crippen LogP contribution is -2.45. The highest BCUT2D eigenvalue weighted by atomic mass is 32.2. The van der Waals surface area contributed by atoms with Gasteiger partial charge in [0.15, 0.2) is 0 Å². The Morgan fingerprint density at radius 3 is 2.39 bits per heavy atom. The van der Waals surface area contributed by atoms with Gasteiger partial charge >= 0.3 is 0 Å². The molecule has 2 aromatic rings. The highest BCUT2D eigenvalue weighted by molar-refractivity contribution is 7.93. The normalized spacial score (nSPS) is 18.6. The largest absolute Gasteiger partial charge is 0.352 e. The molecule has 1 amide bonds. The van der Waals surface area contributed by atoms with Crippen LogP contribution >= 0.6 is 0 Å². The van der Waals surface area contributed by atoms with Crippen molar-refractivity contribution in [2.24, 2.45) is 0 Å². The Balaban J connectivity index is 1.65. The van der Waals surface area contributed by atoms with E-state index in [1.165, 1.54) is 23.6 Å². The molecule has 1 saturated carbocycles. The van der Waals surface area contributed by atoms with Crippen LogP contribution in [-0.4, -0.2) is 26.9 Å². The first-order valence-electron chi connectivity index (χ1n) is 11.4. The number of hydrogen-bond acceptors (Lipinski definition) is 3. The Bertz CT molecular complexity index is 1050. The lowest BCUT2D eigenvalue weighted by atomic mass is 9.95. The second-order valence-electron chi connectivity index (χ2n) is 9.05. The standard InChI is InChI=1S/C25H32N2O3S/c1-18(2)19-14-15-23-22(16-19)21-12-8-9-13-24(21)31(29,30)27(23)17-25(28)26-20-10-6-4-3-5-7-11-20/h8-9,12-16,18,20H,3-7,10-11,17H2,1-2H3,(H,26,28). The maximum absolute atomic E-state index is 13.5. The summed E-state index contributed by atoms with van der Waals surface area (Å²) >= 11 is 0. The van der Waals surface area contributed by atoms with E-state index in [1.807, 2.05) is 24.3 Å². The third-order valence-corrected chi connectivity index (χ3v) is 8.28. The van der Waals surface area contributed by atoms with Crippen molar-refractivity contribution in [3.05, 3.63) is 48.0 Å². The molecule has 0 atom stereocenters. The molecule has 1 aliphatic carbocycles. The van der Waals surface area contributed by atoms with E-state index in [9.17, 15) is 13.2 Å². The average molecular weight is 441 g/mol. The van der Waals surface area contributed by atoms with Crippen LogP contribution in [0, 0.1) is 0 Å². The second kappa shape index (κ2) is 9.03. The fourth-order valence-corrected chi connectivity index (χ4v) is 6.33. The monoisotopic (exact) mass is 440 g/mol. The van der Waals surface area contributed by atoms with Crippen LogP contribution in [0.4, 0.5) is 5.69 Å². The zero-order valence-corrected chi connectivity index (χ0v) is 19.2. The molecule has 0 spiro atoms. The van der Waals surface area contributed by atoms with Crippen molar-refractivity contribution in [3.8, 4) is 11.1 Å². The van der Waals surface area contributed by atoms with E-state index in [0.29, 0.717) is 17.2 Å². The average Bonchev–Trinajstić information content (AvgIpc) is 2.73. The minimum absolute atomic E-state index is 0.135. The molecule has 1 aliphatic heterocycles. The summed E-state index contributed by atoms with van der Waals surface area (Å²) in [7, 11) is -3.81. The molecule has 1 heterocycles. The molecule has 0 saturated heterocycles. The van der Waals surface area contributed by atoms with Gasteiger partial charge in [-0.1, -0.05) is 70.2 Å². The van der Waals surface area contributed by atoms with Crippen molar-refractivity contribution in [1.29, 1.82) is 0 Å². The van der Waals surface area contributed by atoms with Crippen LogP contribution in [0.25, 0.3) is 11.1 Å². The van der Waals surface area contributed by atoms with Crippen LogP contribution in [0.15, 0.2) is 47.4 Å². The smallest absolute Gasteiger partial charge is 0.265 e. The number of nitrogens with zero attached hydrogens (tertiary/aromatic N) is 1. The molecule has 31 heavy (non-hydrogen) atoms. The molecule has 0 bridgehead atoms. The van der Waals surface area contributed by atoms with E-state index in [0.717, 1.165) is 36.8 Å². The number of benzene rings is 2. The van der Waals surface area contributed by atoms with E-state index < -0.39 is 10.0 Å². The first kappa shape index (κ1) is 21.9. The molecule has 1 fully saturated rings. The van der Waals surface area contributed by atoms with Crippen molar-refractivity contribution < 1.29 is 13.2 Å². The van der Waals surface area contributed by atoms with E-state index in [1.54, 1.807) is 12.1 Å². The molecule has 2 aliphatic rings. The summed E-state index contributed by atoms with van der Waals surface area (Å²) < 4.78 is 28.2. The molecular weight excluding hydrogens is 408 g/mol. The first-order chi connectivity index (χ1) is 14.9. The quantitative estimate of drug-likeness (QED) is 0.709. The Kier molecular flexibility index (Phi) is 6.37. The van der Waals surface area contributed by atoms with Gasteiger partial charge in [0.2, 0.25) is 5.91 Å². The van der Waals surface area contributed by atoms with Crippen LogP contribution in [0.3, 0.4) is 0 Å². The summed E-state index contributed by atoms with van der Waals surface area (Å²) in [6.07, 6.45) is 7.83. The van der Waals surface area contributed by atoms with Crippen LogP contribution < -0.4 is 9.62 Å². The molecule has 0 unspecified atom stereocenters. The lowest BCUT2D eigenvalue weighted by molar-refractivity contribution is -0.120. The number of fused-ring (bicyclic) bond motifs is 3. The van der Waals surface area contributed by atoms with Gasteiger partial charge in [-0.05, 0) is 42.5 Å². The Labute approximate surface area is 185 Å². The number of sulfonamides is 1. The summed E-state index contributed by atoms with van der Waals surface area (Å²) in [6, 6.07) is 13.1. The van der Waals surface area contributed by atoms with Gasteiger partial charge in [-0.3, -0.25) is 9.10 Å². The summed E-state index contributed by atoms with van der Waals surface area (Å²) in [4.78, 5) is 13.2. The molecule has 4 rings (SSSR count). The Morgan fingerprint density at radius 1 is 1.00 bits per heavy atom. The SMILES string of the molecule is CC(C)c1ccc2c(c1)-c1ccccc1S(=O)(=O)N2CC(=O)NC1CCCCCCC1. The third kappa shape index (κ3) is 4.49. The predicted octanol–water partition coefficient (Wildman–Crippen LogP) is 5.21. The van der Waals surface area contributed by atoms with E-state index in [-0.39, 0.29) is 23.4 Å². The van der Waals surface area contributed by atoms with E-state index >= 15 is 0 Å².